The molecule has 65 heavy (non-hydrogen) atoms. The summed E-state index contributed by atoms with van der Waals surface area (Å²) in [6.45, 7) is 10.2. The van der Waals surface area contributed by atoms with Gasteiger partial charge in [-0.2, -0.15) is 30.2 Å². The maximum absolute atomic E-state index is 12.6. The molecule has 0 bridgehead atoms. The van der Waals surface area contributed by atoms with E-state index in [1.807, 2.05) is 36.4 Å². The molecule has 2 aliphatic heterocycles. The van der Waals surface area contributed by atoms with Crippen LogP contribution in [0.3, 0.4) is 0 Å². The van der Waals surface area contributed by atoms with Gasteiger partial charge in [0.05, 0.1) is 44.0 Å². The topological polar surface area (TPSA) is 263 Å². The Morgan fingerprint density at radius 3 is 1.17 bits per heavy atom. The predicted octanol–water partition coefficient (Wildman–Crippen LogP) is 7.75. The summed E-state index contributed by atoms with van der Waals surface area (Å²) in [6, 6.07) is 29.2. The van der Waals surface area contributed by atoms with Gasteiger partial charge in [0.1, 0.15) is 22.9 Å². The van der Waals surface area contributed by atoms with E-state index >= 15 is 0 Å². The summed E-state index contributed by atoms with van der Waals surface area (Å²) < 4.78 is 65.2. The Morgan fingerprint density at radius 1 is 0.523 bits per heavy atom. The smallest absolute Gasteiger partial charge is 0.575 e. The average molecular weight is 967 g/mol. The van der Waals surface area contributed by atoms with Gasteiger partial charge in [0.2, 0.25) is 0 Å². The van der Waals surface area contributed by atoms with Crippen LogP contribution >= 0.6 is 0 Å². The molecule has 2 aliphatic rings. The molecule has 20 nitrogen and oxygen atoms in total. The van der Waals surface area contributed by atoms with E-state index < -0.39 is 31.9 Å². The molecule has 0 aliphatic carbocycles. The fourth-order valence-electron chi connectivity index (χ4n) is 5.69. The summed E-state index contributed by atoms with van der Waals surface area (Å²) in [7, 11) is -7.77. The van der Waals surface area contributed by atoms with Crippen LogP contribution < -0.4 is 19.5 Å². The van der Waals surface area contributed by atoms with Gasteiger partial charge < -0.3 is 29.9 Å². The Bertz CT molecular complexity index is 2830. The third-order valence-corrected chi connectivity index (χ3v) is 12.0. The number of hydrazone groups is 2. The molecule has 0 saturated carbocycles. The van der Waals surface area contributed by atoms with Gasteiger partial charge >= 0.3 is 29.1 Å². The van der Waals surface area contributed by atoms with Crippen molar-refractivity contribution in [1.29, 1.82) is 0 Å². The van der Waals surface area contributed by atoms with Crippen molar-refractivity contribution in [2.75, 3.05) is 19.5 Å². The van der Waals surface area contributed by atoms with Gasteiger partial charge in [-0.05, 0) is 90.1 Å². The Balaban J connectivity index is 0.000000212. The predicted molar refractivity (Wildman–Crippen MR) is 241 cm³/mol. The number of oxazole rings is 2. The van der Waals surface area contributed by atoms with Crippen molar-refractivity contribution in [3.63, 3.8) is 0 Å². The van der Waals surface area contributed by atoms with Crippen molar-refractivity contribution in [1.82, 2.24) is 9.97 Å². The number of aromatic nitrogens is 2. The normalized spacial score (nSPS) is 15.0. The number of amides is 2. The number of rotatable bonds is 12. The number of hydrogen-bond donors (Lipinski definition) is 2. The van der Waals surface area contributed by atoms with Gasteiger partial charge in [0.25, 0.3) is 31.9 Å². The zero-order chi connectivity index (χ0) is 45.8. The van der Waals surface area contributed by atoms with E-state index in [1.54, 1.807) is 65.8 Å². The Hall–Kier alpha value is -7.46. The van der Waals surface area contributed by atoms with Crippen molar-refractivity contribution >= 4 is 89.5 Å². The second-order valence-corrected chi connectivity index (χ2v) is 17.3. The van der Waals surface area contributed by atoms with Crippen LogP contribution in [0.5, 0.6) is 0 Å². The second kappa shape index (κ2) is 19.5. The summed E-state index contributed by atoms with van der Waals surface area (Å²) in [5, 5.41) is 19.1. The third kappa shape index (κ3) is 10.8. The number of sulfonamides is 2. The van der Waals surface area contributed by atoms with Crippen LogP contribution in [0.4, 0.5) is 34.8 Å². The van der Waals surface area contributed by atoms with Crippen LogP contribution in [0.2, 0.25) is 0 Å². The number of hydrogen-bond acceptors (Lipinski definition) is 14. The third-order valence-electron chi connectivity index (χ3n) is 9.30. The first-order valence-electron chi connectivity index (χ1n) is 19.1. The molecule has 8 rings (SSSR count). The number of aryl methyl sites for hydroxylation is 4. The first-order chi connectivity index (χ1) is 30.5. The molecule has 2 aromatic heterocycles. The van der Waals surface area contributed by atoms with Crippen LogP contribution in [-0.4, -0.2) is 61.5 Å². The molecular formula is C42H38CuN12O8S2. The second-order valence-electron chi connectivity index (χ2n) is 13.9. The van der Waals surface area contributed by atoms with Gasteiger partial charge in [-0.25, -0.2) is 26.3 Å². The summed E-state index contributed by atoms with van der Waals surface area (Å²) >= 11 is 0. The molecule has 337 valence electrons. The van der Waals surface area contributed by atoms with Gasteiger partial charge in [-0.1, -0.05) is 60.7 Å². The largest absolute Gasteiger partial charge is 2.00 e. The quantitative estimate of drug-likeness (QED) is 0.0889. The first kappa shape index (κ1) is 47.0. The number of carbonyl (C=O) groups excluding carboxylic acids is 2. The van der Waals surface area contributed by atoms with E-state index in [1.165, 1.54) is 58.5 Å². The fraction of sp³-hybridized carbons (Fsp3) is 0.143. The first-order valence-corrected chi connectivity index (χ1v) is 22.1. The maximum atomic E-state index is 12.6. The zero-order valence-electron chi connectivity index (χ0n) is 35.2. The SMILES string of the molecule is CC1=NN(c2ccccc2)C(=O)/C1=N/[N-]c1ccc(S(=O)(=O)Nc2nc(C)c(C)o2)cc1.CC1=NN(c2ccccc2)C(=O)/C1=N\[N-]c1ccc(S(=O)(=O)Nc2nc(C)c(C)o2)cc1.[Cu+2]. The molecule has 2 amide bonds. The van der Waals surface area contributed by atoms with E-state index in [-0.39, 0.29) is 50.3 Å². The van der Waals surface area contributed by atoms with Crippen molar-refractivity contribution in [3.8, 4) is 0 Å². The zero-order valence-corrected chi connectivity index (χ0v) is 37.8. The number of carbonyl (C=O) groups is 2. The molecule has 0 saturated heterocycles. The van der Waals surface area contributed by atoms with Crippen molar-refractivity contribution in [3.05, 3.63) is 143 Å². The van der Waals surface area contributed by atoms with E-state index in [2.05, 4.69) is 50.7 Å². The standard InChI is InChI=1S/2C21H20N6O4S.Cu/c2*1-13-15(3)31-21(22-13)26-32(29,30)18-11-9-16(10-12-18)23-24-19-14(2)25-27(20(19)28)17-7-5-4-6-8-17;/h2*4-12H,1-3H3,(H2,22,23,25,26,28);/q;;+2/p-2. The fourth-order valence-corrected chi connectivity index (χ4v) is 7.55. The number of nitrogens with zero attached hydrogens (tertiary/aromatic N) is 10. The molecule has 0 fully saturated rings. The van der Waals surface area contributed by atoms with Gasteiger partial charge in [-0.3, -0.25) is 9.59 Å². The van der Waals surface area contributed by atoms with Crippen LogP contribution in [0.1, 0.15) is 36.8 Å². The minimum atomic E-state index is -3.88. The molecule has 6 aromatic rings. The maximum Gasteiger partial charge on any atom is 2.00 e. The minimum absolute atomic E-state index is 0. The molecule has 1 radical (unpaired) electrons. The molecule has 0 unspecified atom stereocenters. The summed E-state index contributed by atoms with van der Waals surface area (Å²) in [5.74, 6) is 0.277. The van der Waals surface area contributed by atoms with E-state index in [0.717, 1.165) is 0 Å². The van der Waals surface area contributed by atoms with Crippen molar-refractivity contribution in [2.24, 2.45) is 20.4 Å². The van der Waals surface area contributed by atoms with E-state index in [4.69, 9.17) is 8.83 Å². The monoisotopic (exact) mass is 965 g/mol. The van der Waals surface area contributed by atoms with Crippen molar-refractivity contribution in [2.45, 2.75) is 51.3 Å². The van der Waals surface area contributed by atoms with Crippen LogP contribution in [0, 0.1) is 27.7 Å². The molecule has 0 spiro atoms. The molecule has 23 heteroatoms. The Labute approximate surface area is 384 Å². The molecule has 2 N–H and O–H groups in total. The average Bonchev–Trinajstić information content (AvgIpc) is 3.96. The number of anilines is 4. The Morgan fingerprint density at radius 2 is 0.862 bits per heavy atom. The van der Waals surface area contributed by atoms with E-state index in [9.17, 15) is 26.4 Å². The molecular weight excluding hydrogens is 928 g/mol. The summed E-state index contributed by atoms with van der Waals surface area (Å²) in [4.78, 5) is 33.3. The van der Waals surface area contributed by atoms with E-state index in [0.29, 0.717) is 57.1 Å². The number of benzene rings is 4. The minimum Gasteiger partial charge on any atom is -0.575 e. The number of para-hydroxylation sites is 2. The van der Waals surface area contributed by atoms with Crippen LogP contribution in [0.25, 0.3) is 10.9 Å². The molecule has 0 atom stereocenters. The number of nitrogens with one attached hydrogen (secondary N) is 2. The van der Waals surface area contributed by atoms with Gasteiger partial charge in [0, 0.05) is 0 Å². The van der Waals surface area contributed by atoms with Crippen LogP contribution in [-0.2, 0) is 46.7 Å². The summed E-state index contributed by atoms with van der Waals surface area (Å²) in [5.41, 5.74) is 12.4. The van der Waals surface area contributed by atoms with Gasteiger partial charge in [0.15, 0.2) is 0 Å². The molecule has 4 heterocycles. The van der Waals surface area contributed by atoms with Gasteiger partial charge in [-0.15, -0.1) is 11.4 Å². The molecule has 4 aromatic carbocycles. The summed E-state index contributed by atoms with van der Waals surface area (Å²) in [6.07, 6.45) is 0. The van der Waals surface area contributed by atoms with Crippen LogP contribution in [0.15, 0.2) is 148 Å². The Kier molecular flexibility index (Phi) is 14.1. The van der Waals surface area contributed by atoms with Crippen molar-refractivity contribution < 1.29 is 52.3 Å².